The number of benzene rings is 10. The van der Waals surface area contributed by atoms with E-state index in [1.807, 2.05) is 6.08 Å². The maximum atomic E-state index is 4.19. The van der Waals surface area contributed by atoms with Crippen molar-refractivity contribution in [3.63, 3.8) is 0 Å². The van der Waals surface area contributed by atoms with Crippen LogP contribution in [0.2, 0.25) is 0 Å². The minimum absolute atomic E-state index is 0.814. The van der Waals surface area contributed by atoms with E-state index in [1.54, 1.807) is 0 Å². The molecule has 0 fully saturated rings. The van der Waals surface area contributed by atoms with Crippen molar-refractivity contribution in [2.45, 2.75) is 13.3 Å². The average Bonchev–Trinajstić information content (AvgIpc) is 3.38. The summed E-state index contributed by atoms with van der Waals surface area (Å²) in [5.41, 5.74) is 16.3. The molecule has 0 saturated carbocycles. The maximum Gasteiger partial charge on any atom is 0.0462 e. The number of hydrogen-bond acceptors (Lipinski definition) is 2. The molecule has 0 aromatic heterocycles. The fourth-order valence-electron chi connectivity index (χ4n) is 9.18. The molecule has 316 valence electrons. The Labute approximate surface area is 389 Å². The molecule has 0 heterocycles. The number of anilines is 5. The topological polar surface area (TPSA) is 6.48 Å². The molecule has 0 bridgehead atoms. The molecule has 66 heavy (non-hydrogen) atoms. The number of nitrogens with zero attached hydrogens (tertiary/aromatic N) is 2. The summed E-state index contributed by atoms with van der Waals surface area (Å²) >= 11 is 0. The summed E-state index contributed by atoms with van der Waals surface area (Å²) in [6.45, 7) is 6.36. The van der Waals surface area contributed by atoms with Crippen LogP contribution in [0, 0.1) is 0 Å². The number of fused-ring (bicyclic) bond motifs is 2. The Morgan fingerprint density at radius 1 is 0.409 bits per heavy atom. The Kier molecular flexibility index (Phi) is 12.0. The molecule has 0 saturated heterocycles. The van der Waals surface area contributed by atoms with E-state index in [9.17, 15) is 0 Å². The normalized spacial score (nSPS) is 11.7. The van der Waals surface area contributed by atoms with E-state index in [4.69, 9.17) is 0 Å². The molecule has 0 aliphatic carbocycles. The molecule has 0 amide bonds. The Morgan fingerprint density at radius 3 is 1.55 bits per heavy atom. The fourth-order valence-corrected chi connectivity index (χ4v) is 9.18. The highest BCUT2D eigenvalue weighted by molar-refractivity contribution is 5.98. The van der Waals surface area contributed by atoms with Gasteiger partial charge in [-0.05, 0) is 146 Å². The first-order valence-electron chi connectivity index (χ1n) is 22.7. The van der Waals surface area contributed by atoms with Crippen LogP contribution in [-0.2, 0) is 6.42 Å². The lowest BCUT2D eigenvalue weighted by Gasteiger charge is -2.26. The molecule has 10 aromatic rings. The fraction of sp³-hybridized carbons (Fsp3) is 0.0312. The molecular formula is C64H50N2. The summed E-state index contributed by atoms with van der Waals surface area (Å²) < 4.78 is 0. The van der Waals surface area contributed by atoms with Crippen LogP contribution in [0.5, 0.6) is 0 Å². The Hall–Kier alpha value is -8.46. The van der Waals surface area contributed by atoms with Crippen molar-refractivity contribution in [1.82, 2.24) is 0 Å². The van der Waals surface area contributed by atoms with E-state index < -0.39 is 0 Å². The third-order valence-corrected chi connectivity index (χ3v) is 12.5. The number of rotatable bonds is 13. The van der Waals surface area contributed by atoms with E-state index in [0.717, 1.165) is 46.1 Å². The lowest BCUT2D eigenvalue weighted by molar-refractivity contribution is 1.14. The molecular weight excluding hydrogens is 797 g/mol. The molecule has 2 nitrogen and oxygen atoms in total. The van der Waals surface area contributed by atoms with Gasteiger partial charge in [0.15, 0.2) is 0 Å². The Bertz CT molecular complexity index is 3320. The van der Waals surface area contributed by atoms with Gasteiger partial charge in [-0.15, -0.1) is 0 Å². The van der Waals surface area contributed by atoms with Gasteiger partial charge in [-0.25, -0.2) is 0 Å². The molecule has 2 heteroatoms. The number of para-hydroxylation sites is 2. The van der Waals surface area contributed by atoms with Crippen molar-refractivity contribution >= 4 is 55.6 Å². The van der Waals surface area contributed by atoms with Gasteiger partial charge < -0.3 is 9.80 Å². The first kappa shape index (κ1) is 41.5. The Morgan fingerprint density at radius 2 is 0.879 bits per heavy atom. The zero-order valence-corrected chi connectivity index (χ0v) is 37.1. The van der Waals surface area contributed by atoms with Crippen LogP contribution >= 0.6 is 0 Å². The lowest BCUT2D eigenvalue weighted by Crippen LogP contribution is -2.14. The minimum Gasteiger partial charge on any atom is -0.315 e. The Balaban J connectivity index is 0.909. The molecule has 0 aliphatic rings. The van der Waals surface area contributed by atoms with Gasteiger partial charge >= 0.3 is 0 Å². The van der Waals surface area contributed by atoms with Crippen molar-refractivity contribution in [3.8, 4) is 22.3 Å². The van der Waals surface area contributed by atoms with Crippen LogP contribution in [0.25, 0.3) is 49.4 Å². The van der Waals surface area contributed by atoms with Crippen LogP contribution in [0.4, 0.5) is 28.4 Å². The highest BCUT2D eigenvalue weighted by Crippen LogP contribution is 2.39. The third kappa shape index (κ3) is 8.73. The second-order valence-electron chi connectivity index (χ2n) is 16.6. The van der Waals surface area contributed by atoms with Gasteiger partial charge in [-0.3, -0.25) is 0 Å². The van der Waals surface area contributed by atoms with Crippen molar-refractivity contribution in [2.75, 3.05) is 9.80 Å². The molecule has 10 aromatic carbocycles. The summed E-state index contributed by atoms with van der Waals surface area (Å²) in [6, 6.07) is 87.1. The van der Waals surface area contributed by atoms with Gasteiger partial charge in [0.05, 0.1) is 0 Å². The average molecular weight is 847 g/mol. The van der Waals surface area contributed by atoms with E-state index in [-0.39, 0.29) is 0 Å². The molecule has 0 unspecified atom stereocenters. The van der Waals surface area contributed by atoms with Crippen LogP contribution in [0.1, 0.15) is 23.6 Å². The van der Waals surface area contributed by atoms with Crippen molar-refractivity contribution in [3.05, 3.63) is 290 Å². The van der Waals surface area contributed by atoms with E-state index in [1.165, 1.54) is 60.5 Å². The van der Waals surface area contributed by atoms with Gasteiger partial charge in [0.25, 0.3) is 0 Å². The predicted molar refractivity (Wildman–Crippen MR) is 283 cm³/mol. The first-order chi connectivity index (χ1) is 32.6. The van der Waals surface area contributed by atoms with Crippen molar-refractivity contribution < 1.29 is 0 Å². The van der Waals surface area contributed by atoms with Gasteiger partial charge in [0.2, 0.25) is 0 Å². The quantitative estimate of drug-likeness (QED) is 0.107. The molecule has 0 spiro atoms. The predicted octanol–water partition coefficient (Wildman–Crippen LogP) is 17.7. The summed E-state index contributed by atoms with van der Waals surface area (Å²) in [5.74, 6) is 0. The SMILES string of the molecule is C=C/C(=C\C=C(/C)N(c1ccccc1)c1ccc(Cc2ccccc2-c2ccc(N(c3ccccc3)c3ccc(-c4cccc5ccccc45)cc3)cc2)cc1)c1cccc2ccccc12. The second-order valence-corrected chi connectivity index (χ2v) is 16.6. The van der Waals surface area contributed by atoms with E-state index >= 15 is 0 Å². The van der Waals surface area contributed by atoms with E-state index in [0.29, 0.717) is 0 Å². The van der Waals surface area contributed by atoms with Crippen LogP contribution in [0.15, 0.2) is 273 Å². The van der Waals surface area contributed by atoms with Crippen LogP contribution in [0.3, 0.4) is 0 Å². The molecule has 0 aliphatic heterocycles. The van der Waals surface area contributed by atoms with Gasteiger partial charge in [0.1, 0.15) is 0 Å². The zero-order valence-electron chi connectivity index (χ0n) is 37.1. The highest BCUT2D eigenvalue weighted by atomic mass is 15.1. The summed E-state index contributed by atoms with van der Waals surface area (Å²) in [4.78, 5) is 4.65. The number of hydrogen-bond donors (Lipinski definition) is 0. The largest absolute Gasteiger partial charge is 0.315 e. The molecule has 0 radical (unpaired) electrons. The standard InChI is InChI=1S/C64H50N2/c1-3-49(61-30-16-21-50-18-10-14-28-62(50)61)35-32-47(2)65(55-23-6-4-7-24-55)57-40-33-48(34-41-57)46-54-20-12-13-27-60(54)52-36-42-58(43-37-52)66(56-25-8-5-9-26-56)59-44-38-53(39-45-59)64-31-17-22-51-19-11-15-29-63(51)64/h3-45H,1,46H2,2H3/b47-32+,49-35+. The van der Waals surface area contributed by atoms with Crippen molar-refractivity contribution in [1.29, 1.82) is 0 Å². The van der Waals surface area contributed by atoms with E-state index in [2.05, 4.69) is 278 Å². The number of allylic oxidation sites excluding steroid dienone is 5. The minimum atomic E-state index is 0.814. The zero-order chi connectivity index (χ0) is 44.7. The lowest BCUT2D eigenvalue weighted by atomic mass is 9.94. The highest BCUT2D eigenvalue weighted by Gasteiger charge is 2.16. The van der Waals surface area contributed by atoms with Gasteiger partial charge in [0, 0.05) is 34.1 Å². The third-order valence-electron chi connectivity index (χ3n) is 12.5. The summed E-state index contributed by atoms with van der Waals surface area (Å²) in [6.07, 6.45) is 7.14. The van der Waals surface area contributed by atoms with Crippen LogP contribution < -0.4 is 9.80 Å². The smallest absolute Gasteiger partial charge is 0.0462 e. The summed E-state index contributed by atoms with van der Waals surface area (Å²) in [7, 11) is 0. The summed E-state index contributed by atoms with van der Waals surface area (Å²) in [5, 5.41) is 4.95. The van der Waals surface area contributed by atoms with Gasteiger partial charge in [-0.1, -0.05) is 201 Å². The molecule has 10 rings (SSSR count). The first-order valence-corrected chi connectivity index (χ1v) is 22.7. The van der Waals surface area contributed by atoms with Crippen LogP contribution in [-0.4, -0.2) is 0 Å². The molecule has 0 N–H and O–H groups in total. The second kappa shape index (κ2) is 19.1. The van der Waals surface area contributed by atoms with Crippen molar-refractivity contribution in [2.24, 2.45) is 0 Å². The van der Waals surface area contributed by atoms with Gasteiger partial charge in [-0.2, -0.15) is 0 Å². The maximum absolute atomic E-state index is 4.19. The molecule has 0 atom stereocenters. The monoisotopic (exact) mass is 846 g/mol.